The van der Waals surface area contributed by atoms with Crippen molar-refractivity contribution in [2.75, 3.05) is 26.2 Å². The maximum atomic E-state index is 12.0. The molecule has 2 aliphatic heterocycles. The molecular formula is C19H25F3N4O4. The summed E-state index contributed by atoms with van der Waals surface area (Å²) in [5.41, 5.74) is 0.442. The highest BCUT2D eigenvalue weighted by Crippen LogP contribution is 2.44. The van der Waals surface area contributed by atoms with Crippen LogP contribution in [0.3, 0.4) is 0 Å². The molecule has 8 nitrogen and oxygen atoms in total. The molecule has 3 heterocycles. The zero-order valence-electron chi connectivity index (χ0n) is 16.4. The van der Waals surface area contributed by atoms with E-state index in [0.29, 0.717) is 18.2 Å². The quantitative estimate of drug-likeness (QED) is 0.735. The molecule has 1 saturated carbocycles. The van der Waals surface area contributed by atoms with Gasteiger partial charge in [-0.3, -0.25) is 14.7 Å². The predicted molar refractivity (Wildman–Crippen MR) is 98.7 cm³/mol. The second-order valence-corrected chi connectivity index (χ2v) is 7.83. The lowest BCUT2D eigenvalue weighted by Gasteiger charge is -2.55. The van der Waals surface area contributed by atoms with E-state index < -0.39 is 12.1 Å². The average molecular weight is 430 g/mol. The van der Waals surface area contributed by atoms with E-state index in [9.17, 15) is 18.0 Å². The Labute approximate surface area is 171 Å². The number of carbonyl (C=O) groups is 2. The number of carboxylic acids is 1. The number of hydrogen-bond donors (Lipinski definition) is 2. The van der Waals surface area contributed by atoms with Gasteiger partial charge in [0.2, 0.25) is 0 Å². The van der Waals surface area contributed by atoms with Gasteiger partial charge in [0.15, 0.2) is 0 Å². The number of ether oxygens (including phenoxy) is 1. The van der Waals surface area contributed by atoms with E-state index in [1.165, 1.54) is 31.7 Å². The molecule has 3 aliphatic rings. The molecule has 11 heteroatoms. The number of amides is 1. The van der Waals surface area contributed by atoms with Crippen molar-refractivity contribution >= 4 is 11.9 Å². The van der Waals surface area contributed by atoms with Crippen molar-refractivity contribution in [3.05, 3.63) is 24.3 Å². The molecule has 4 rings (SSSR count). The summed E-state index contributed by atoms with van der Waals surface area (Å²) in [7, 11) is 0. The van der Waals surface area contributed by atoms with Gasteiger partial charge in [-0.15, -0.1) is 0 Å². The van der Waals surface area contributed by atoms with Gasteiger partial charge in [-0.1, -0.05) is 6.42 Å². The number of likely N-dealkylation sites (tertiary alicyclic amines) is 1. The first-order chi connectivity index (χ1) is 14.2. The number of carboxylic acid groups (broad SMARTS) is 1. The summed E-state index contributed by atoms with van der Waals surface area (Å²) in [5.74, 6) is -2.34. The Bertz CT molecular complexity index is 737. The van der Waals surface area contributed by atoms with Gasteiger partial charge < -0.3 is 15.2 Å². The van der Waals surface area contributed by atoms with Crippen LogP contribution in [0.15, 0.2) is 18.6 Å². The van der Waals surface area contributed by atoms with Gasteiger partial charge in [0.1, 0.15) is 5.69 Å². The van der Waals surface area contributed by atoms with E-state index >= 15 is 0 Å². The van der Waals surface area contributed by atoms with E-state index in [1.54, 1.807) is 6.20 Å². The SMILES string of the molecule is O=C(NCCC1CCOC12CN(C1CCC1)C2)c1cnccn1.O=C(O)C(F)(F)F. The topological polar surface area (TPSA) is 105 Å². The van der Waals surface area contributed by atoms with E-state index in [4.69, 9.17) is 14.6 Å². The molecular weight excluding hydrogens is 405 g/mol. The molecule has 0 bridgehead atoms. The highest BCUT2D eigenvalue weighted by atomic mass is 19.4. The maximum Gasteiger partial charge on any atom is 0.490 e. The minimum Gasteiger partial charge on any atom is -0.475 e. The zero-order chi connectivity index (χ0) is 21.8. The van der Waals surface area contributed by atoms with Crippen LogP contribution in [0.2, 0.25) is 0 Å². The van der Waals surface area contributed by atoms with E-state index in [2.05, 4.69) is 20.2 Å². The molecule has 2 N–H and O–H groups in total. The standard InChI is InChI=1S/C17H24N4O2.C2HF3O2/c22-16(15-10-18-7-8-19-15)20-6-4-13-5-9-23-17(13)11-21(12-17)14-2-1-3-14;3-2(4,5)1(6)7/h7-8,10,13-14H,1-6,9,11-12H2,(H,20,22);(H,6,7). The largest absolute Gasteiger partial charge is 0.490 e. The highest BCUT2D eigenvalue weighted by Gasteiger charge is 2.54. The van der Waals surface area contributed by atoms with Crippen molar-refractivity contribution in [1.82, 2.24) is 20.2 Å². The monoisotopic (exact) mass is 430 g/mol. The number of aliphatic carboxylic acids is 1. The zero-order valence-corrected chi connectivity index (χ0v) is 16.4. The summed E-state index contributed by atoms with van der Waals surface area (Å²) in [6.07, 6.45) is 5.71. The number of alkyl halides is 3. The van der Waals surface area contributed by atoms with Gasteiger partial charge in [-0.2, -0.15) is 13.2 Å². The number of aromatic nitrogens is 2. The third kappa shape index (κ3) is 5.25. The second-order valence-electron chi connectivity index (χ2n) is 7.83. The van der Waals surface area contributed by atoms with Crippen molar-refractivity contribution in [3.63, 3.8) is 0 Å². The van der Waals surface area contributed by atoms with Crippen LogP contribution in [0.25, 0.3) is 0 Å². The Balaban J connectivity index is 0.000000318. The number of halogens is 3. The van der Waals surface area contributed by atoms with Crippen molar-refractivity contribution in [1.29, 1.82) is 0 Å². The summed E-state index contributed by atoms with van der Waals surface area (Å²) >= 11 is 0. The van der Waals surface area contributed by atoms with E-state index in [-0.39, 0.29) is 11.5 Å². The minimum atomic E-state index is -5.08. The first-order valence-electron chi connectivity index (χ1n) is 9.93. The Morgan fingerprint density at radius 1 is 1.27 bits per heavy atom. The fourth-order valence-corrected chi connectivity index (χ4v) is 4.06. The van der Waals surface area contributed by atoms with Gasteiger partial charge in [0, 0.05) is 44.7 Å². The number of hydrogen-bond acceptors (Lipinski definition) is 6. The molecule has 3 fully saturated rings. The minimum absolute atomic E-state index is 0.0624. The van der Waals surface area contributed by atoms with Gasteiger partial charge >= 0.3 is 12.1 Å². The Morgan fingerprint density at radius 2 is 1.97 bits per heavy atom. The molecule has 166 valence electrons. The lowest BCUT2D eigenvalue weighted by molar-refractivity contribution is -0.192. The fraction of sp³-hybridized carbons (Fsp3) is 0.684. The van der Waals surface area contributed by atoms with Gasteiger partial charge in [0.05, 0.1) is 11.8 Å². The highest BCUT2D eigenvalue weighted by molar-refractivity contribution is 5.91. The van der Waals surface area contributed by atoms with Crippen molar-refractivity contribution in [3.8, 4) is 0 Å². The normalized spacial score (nSPS) is 23.1. The summed E-state index contributed by atoms with van der Waals surface area (Å²) in [4.78, 5) is 31.4. The van der Waals surface area contributed by atoms with Crippen LogP contribution < -0.4 is 5.32 Å². The van der Waals surface area contributed by atoms with Crippen LogP contribution in [0.4, 0.5) is 13.2 Å². The van der Waals surface area contributed by atoms with Gasteiger partial charge in [0.25, 0.3) is 5.91 Å². The molecule has 0 aromatic carbocycles. The molecule has 1 aromatic heterocycles. The van der Waals surface area contributed by atoms with Crippen LogP contribution in [-0.2, 0) is 9.53 Å². The fourth-order valence-electron chi connectivity index (χ4n) is 4.06. The lowest BCUT2D eigenvalue weighted by Crippen LogP contribution is -2.68. The van der Waals surface area contributed by atoms with Gasteiger partial charge in [-0.25, -0.2) is 9.78 Å². The van der Waals surface area contributed by atoms with Crippen LogP contribution in [-0.4, -0.2) is 75.9 Å². The number of nitrogens with one attached hydrogen (secondary N) is 1. The first-order valence-corrected chi connectivity index (χ1v) is 9.93. The number of rotatable bonds is 5. The van der Waals surface area contributed by atoms with E-state index in [0.717, 1.165) is 38.6 Å². The molecule has 1 aliphatic carbocycles. The summed E-state index contributed by atoms with van der Waals surface area (Å²) < 4.78 is 37.8. The van der Waals surface area contributed by atoms with Crippen LogP contribution in [0.5, 0.6) is 0 Å². The summed E-state index contributed by atoms with van der Waals surface area (Å²) in [6.45, 7) is 3.71. The second kappa shape index (κ2) is 9.25. The Morgan fingerprint density at radius 3 is 2.50 bits per heavy atom. The smallest absolute Gasteiger partial charge is 0.475 e. The first kappa shape index (κ1) is 22.4. The molecule has 2 saturated heterocycles. The molecule has 1 atom stereocenters. The Hall–Kier alpha value is -2.27. The van der Waals surface area contributed by atoms with Crippen LogP contribution in [0, 0.1) is 5.92 Å². The molecule has 1 amide bonds. The molecule has 30 heavy (non-hydrogen) atoms. The summed E-state index contributed by atoms with van der Waals surface area (Å²) in [6, 6.07) is 0.807. The van der Waals surface area contributed by atoms with Crippen molar-refractivity contribution in [2.24, 2.45) is 5.92 Å². The molecule has 1 aromatic rings. The molecule has 0 radical (unpaired) electrons. The molecule has 1 spiro atoms. The van der Waals surface area contributed by atoms with Crippen LogP contribution >= 0.6 is 0 Å². The lowest BCUT2D eigenvalue weighted by atomic mass is 9.76. The maximum absolute atomic E-state index is 12.0. The van der Waals surface area contributed by atoms with Gasteiger partial charge in [-0.05, 0) is 31.6 Å². The van der Waals surface area contributed by atoms with Crippen molar-refractivity contribution in [2.45, 2.75) is 49.9 Å². The van der Waals surface area contributed by atoms with E-state index in [1.807, 2.05) is 0 Å². The summed E-state index contributed by atoms with van der Waals surface area (Å²) in [5, 5.41) is 10.1. The van der Waals surface area contributed by atoms with Crippen LogP contribution in [0.1, 0.15) is 42.6 Å². The third-order valence-electron chi connectivity index (χ3n) is 5.95. The predicted octanol–water partition coefficient (Wildman–Crippen LogP) is 1.87. The molecule has 1 unspecified atom stereocenters. The number of nitrogens with zero attached hydrogens (tertiary/aromatic N) is 3. The Kier molecular flexibility index (Phi) is 6.91. The van der Waals surface area contributed by atoms with Crippen molar-refractivity contribution < 1.29 is 32.6 Å². The average Bonchev–Trinajstić information content (AvgIpc) is 3.04. The third-order valence-corrected chi connectivity index (χ3v) is 5.95. The number of carbonyl (C=O) groups excluding carboxylic acids is 1.